The number of amides is 1. The summed E-state index contributed by atoms with van der Waals surface area (Å²) in [5.41, 5.74) is 8.14. The van der Waals surface area contributed by atoms with E-state index in [0.717, 1.165) is 12.1 Å². The van der Waals surface area contributed by atoms with Crippen LogP contribution in [0.15, 0.2) is 91.0 Å². The molecule has 2 heterocycles. The van der Waals surface area contributed by atoms with Crippen molar-refractivity contribution in [1.29, 1.82) is 0 Å². The minimum atomic E-state index is -1.69. The Morgan fingerprint density at radius 1 is 0.672 bits per heavy atom. The number of nitrogens with zero attached hydrogens (tertiary/aromatic N) is 2. The Morgan fingerprint density at radius 2 is 1.09 bits per heavy atom. The third-order valence-corrected chi connectivity index (χ3v) is 9.45. The van der Waals surface area contributed by atoms with Gasteiger partial charge in [0.05, 0.1) is 38.1 Å². The fraction of sp³-hybridized carbons (Fsp3) is 0.167. The summed E-state index contributed by atoms with van der Waals surface area (Å²) in [6.45, 7) is -0.564. The smallest absolute Gasteiger partial charge is 0.341 e. The Bertz CT molecular complexity index is 2600. The molecule has 0 saturated heterocycles. The van der Waals surface area contributed by atoms with Crippen LogP contribution in [0.5, 0.6) is 34.5 Å². The lowest BCUT2D eigenvalue weighted by Crippen LogP contribution is -2.33. The van der Waals surface area contributed by atoms with Crippen molar-refractivity contribution >= 4 is 41.2 Å². The van der Waals surface area contributed by atoms with Gasteiger partial charge in [0, 0.05) is 41.0 Å². The summed E-state index contributed by atoms with van der Waals surface area (Å²) in [4.78, 5) is 79.3. The predicted molar refractivity (Wildman–Crippen MR) is 216 cm³/mol. The molecule has 5 aromatic rings. The lowest BCUT2D eigenvalue weighted by Gasteiger charge is -2.36. The van der Waals surface area contributed by atoms with E-state index in [1.54, 1.807) is 19.1 Å². The topological polar surface area (TPSA) is 340 Å². The molecule has 2 aliphatic rings. The highest BCUT2D eigenvalue weighted by molar-refractivity contribution is 6.00. The number of carboxylic acids is 3. The summed E-state index contributed by atoms with van der Waals surface area (Å²) in [5, 5.41) is 51.1. The van der Waals surface area contributed by atoms with Crippen LogP contribution in [0.3, 0.4) is 0 Å². The normalized spacial score (nSPS) is 12.9. The zero-order chi connectivity index (χ0) is 46.5. The van der Waals surface area contributed by atoms with Gasteiger partial charge in [-0.2, -0.15) is 0 Å². The first-order chi connectivity index (χ1) is 30.4. The standard InChI is InChI=1S/C39H26N2O17.C3H8N2O/c42-35(43)18-55-23-4-9-31(40(49)50)21(11-23)16-53-25-2-7-29-33(14-25)57-34-15-26(54-17-22-12-24(56-19-36(44)45)5-10-32(22)41(51)52)3-8-30(34)39(29)28-6-1-20(37(46)47)13-27(28)38(48)58-39;1-2(4)3(5)6/h1-15H,16-19H2,(H,42,43)(H,44,45)(H,46,47);2H,4H2,1H3,(H2,5,6)/t;2-/m.0/s1. The molecular weight excluding hydrogens is 848 g/mol. The first kappa shape index (κ1) is 44.8. The maximum Gasteiger partial charge on any atom is 0.341 e. The van der Waals surface area contributed by atoms with Gasteiger partial charge in [-0.15, -0.1) is 0 Å². The van der Waals surface area contributed by atoms with Gasteiger partial charge in [-0.3, -0.25) is 25.0 Å². The highest BCUT2D eigenvalue weighted by Gasteiger charge is 2.54. The van der Waals surface area contributed by atoms with Gasteiger partial charge in [0.2, 0.25) is 5.91 Å². The molecule has 0 aliphatic carbocycles. The number of aliphatic carboxylic acids is 2. The number of nitrogens with two attached hydrogens (primary N) is 2. The molecule has 2 aliphatic heterocycles. The summed E-state index contributed by atoms with van der Waals surface area (Å²) in [7, 11) is 0. The van der Waals surface area contributed by atoms with Crippen LogP contribution in [0.1, 0.15) is 55.5 Å². The van der Waals surface area contributed by atoms with Crippen LogP contribution >= 0.6 is 0 Å². The largest absolute Gasteiger partial charge is 0.489 e. The number of esters is 1. The number of aromatic carboxylic acids is 1. The maximum atomic E-state index is 13.5. The number of hydrogen-bond donors (Lipinski definition) is 5. The summed E-state index contributed by atoms with van der Waals surface area (Å²) in [5.74, 6) is -4.49. The van der Waals surface area contributed by atoms with E-state index in [0.29, 0.717) is 16.7 Å². The van der Waals surface area contributed by atoms with Gasteiger partial charge in [0.15, 0.2) is 18.8 Å². The van der Waals surface area contributed by atoms with Crippen LogP contribution in [-0.4, -0.2) is 74.2 Å². The van der Waals surface area contributed by atoms with Crippen LogP contribution in [0, 0.1) is 20.2 Å². The molecule has 0 bridgehead atoms. The van der Waals surface area contributed by atoms with Crippen LogP contribution in [0.4, 0.5) is 11.4 Å². The second-order valence-corrected chi connectivity index (χ2v) is 13.8. The van der Waals surface area contributed by atoms with Crippen molar-refractivity contribution in [1.82, 2.24) is 0 Å². The Kier molecular flexibility index (Phi) is 12.9. The molecule has 7 N–H and O–H groups in total. The third kappa shape index (κ3) is 9.55. The van der Waals surface area contributed by atoms with Crippen LogP contribution in [-0.2, 0) is 37.9 Å². The lowest BCUT2D eigenvalue weighted by atomic mass is 9.77. The maximum absolute atomic E-state index is 13.5. The first-order valence-electron chi connectivity index (χ1n) is 18.5. The molecule has 0 radical (unpaired) electrons. The average Bonchev–Trinajstić information content (AvgIpc) is 3.54. The Labute approximate surface area is 359 Å². The molecule has 5 aromatic carbocycles. The van der Waals surface area contributed by atoms with Crippen LogP contribution < -0.4 is 35.2 Å². The van der Waals surface area contributed by atoms with Crippen molar-refractivity contribution in [3.05, 3.63) is 150 Å². The molecule has 64 heavy (non-hydrogen) atoms. The van der Waals surface area contributed by atoms with E-state index >= 15 is 0 Å². The molecule has 22 nitrogen and oxygen atoms in total. The van der Waals surface area contributed by atoms with Gasteiger partial charge < -0.3 is 55.2 Å². The molecule has 1 spiro atoms. The fourth-order valence-electron chi connectivity index (χ4n) is 6.50. The number of benzene rings is 5. The lowest BCUT2D eigenvalue weighted by molar-refractivity contribution is -0.386. The highest BCUT2D eigenvalue weighted by Crippen LogP contribution is 2.57. The number of fused-ring (bicyclic) bond motifs is 6. The number of ether oxygens (including phenoxy) is 6. The molecule has 1 amide bonds. The van der Waals surface area contributed by atoms with Crippen LogP contribution in [0.25, 0.3) is 0 Å². The molecule has 0 saturated carbocycles. The Balaban J connectivity index is 0.00000106. The molecule has 0 fully saturated rings. The first-order valence-corrected chi connectivity index (χ1v) is 18.5. The van der Waals surface area contributed by atoms with E-state index in [-0.39, 0.29) is 81.3 Å². The second-order valence-electron chi connectivity index (χ2n) is 13.8. The predicted octanol–water partition coefficient (Wildman–Crippen LogP) is 4.67. The fourth-order valence-corrected chi connectivity index (χ4v) is 6.50. The highest BCUT2D eigenvalue weighted by atomic mass is 16.6. The molecule has 330 valence electrons. The van der Waals surface area contributed by atoms with E-state index in [2.05, 4.69) is 5.73 Å². The van der Waals surface area contributed by atoms with Crippen LogP contribution in [0.2, 0.25) is 0 Å². The van der Waals surface area contributed by atoms with E-state index in [4.69, 9.17) is 44.4 Å². The Hall–Kier alpha value is -8.79. The van der Waals surface area contributed by atoms with Crippen molar-refractivity contribution in [2.24, 2.45) is 11.5 Å². The number of carboxylic acid groups (broad SMARTS) is 3. The van der Waals surface area contributed by atoms with Gasteiger partial charge in [-0.1, -0.05) is 6.07 Å². The average molecular weight is 883 g/mol. The minimum Gasteiger partial charge on any atom is -0.489 e. The number of carbonyl (C=O) groups is 5. The third-order valence-electron chi connectivity index (χ3n) is 9.45. The number of primary amides is 1. The summed E-state index contributed by atoms with van der Waals surface area (Å²) in [6.07, 6.45) is 0. The van der Waals surface area contributed by atoms with Gasteiger partial charge >= 0.3 is 23.9 Å². The number of hydrogen-bond acceptors (Lipinski definition) is 16. The molecule has 22 heteroatoms. The van der Waals surface area contributed by atoms with Gasteiger partial charge in [-0.25, -0.2) is 19.2 Å². The van der Waals surface area contributed by atoms with Gasteiger partial charge in [0.25, 0.3) is 11.4 Å². The van der Waals surface area contributed by atoms with Crippen molar-refractivity contribution in [3.8, 4) is 34.5 Å². The summed E-state index contributed by atoms with van der Waals surface area (Å²) < 4.78 is 34.6. The summed E-state index contributed by atoms with van der Waals surface area (Å²) >= 11 is 0. The van der Waals surface area contributed by atoms with Gasteiger partial charge in [-0.05, 0) is 67.6 Å². The number of rotatable bonds is 16. The molecule has 0 aromatic heterocycles. The molecule has 1 atom stereocenters. The zero-order valence-corrected chi connectivity index (χ0v) is 33.1. The minimum absolute atomic E-state index is 0.0195. The Morgan fingerprint density at radius 3 is 1.50 bits per heavy atom. The van der Waals surface area contributed by atoms with E-state index in [1.807, 2.05) is 0 Å². The van der Waals surface area contributed by atoms with E-state index in [1.165, 1.54) is 66.7 Å². The van der Waals surface area contributed by atoms with Crippen molar-refractivity contribution in [2.45, 2.75) is 31.8 Å². The monoisotopic (exact) mass is 882 g/mol. The summed E-state index contributed by atoms with van der Waals surface area (Å²) in [6, 6.07) is 19.8. The van der Waals surface area contributed by atoms with Crippen molar-refractivity contribution in [3.63, 3.8) is 0 Å². The quantitative estimate of drug-likeness (QED) is 0.0510. The zero-order valence-electron chi connectivity index (χ0n) is 33.1. The number of nitro groups is 2. The molecule has 0 unspecified atom stereocenters. The second kappa shape index (κ2) is 18.4. The van der Waals surface area contributed by atoms with Gasteiger partial charge in [0.1, 0.15) is 47.7 Å². The molecular formula is C42H34N4O18. The van der Waals surface area contributed by atoms with E-state index < -0.39 is 64.5 Å². The molecule has 7 rings (SSSR count). The van der Waals surface area contributed by atoms with E-state index in [9.17, 15) is 49.3 Å². The van der Waals surface area contributed by atoms with Crippen molar-refractivity contribution < 1.29 is 77.6 Å². The van der Waals surface area contributed by atoms with Crippen molar-refractivity contribution in [2.75, 3.05) is 13.2 Å². The number of carbonyl (C=O) groups excluding carboxylic acids is 2. The SMILES string of the molecule is C[C@H](N)C(N)=O.O=C(O)COc1ccc([N+](=O)[O-])c(COc2ccc3c(c2)Oc2cc(OCc4cc(OCC(=O)O)ccc4[N+](=O)[O-])ccc2C32OC(=O)c3cc(C(=O)O)ccc32)c1. The number of nitro benzene ring substituents is 2.